The molecule has 162 valence electrons. The first-order chi connectivity index (χ1) is 14.4. The van der Waals surface area contributed by atoms with Gasteiger partial charge in [0.25, 0.3) is 0 Å². The van der Waals surface area contributed by atoms with Crippen molar-refractivity contribution in [3.63, 3.8) is 0 Å². The zero-order valence-electron chi connectivity index (χ0n) is 17.3. The van der Waals surface area contributed by atoms with E-state index in [2.05, 4.69) is 16.1 Å². The third-order valence-corrected chi connectivity index (χ3v) is 7.41. The van der Waals surface area contributed by atoms with Gasteiger partial charge in [-0.25, -0.2) is 8.42 Å². The number of benzene rings is 2. The van der Waals surface area contributed by atoms with Gasteiger partial charge in [-0.1, -0.05) is 24.3 Å². The van der Waals surface area contributed by atoms with Crippen molar-refractivity contribution in [2.24, 2.45) is 0 Å². The summed E-state index contributed by atoms with van der Waals surface area (Å²) in [5, 5.41) is 3.08. The first-order valence-electron chi connectivity index (χ1n) is 9.98. The quantitative estimate of drug-likeness (QED) is 0.615. The van der Waals surface area contributed by atoms with Crippen LogP contribution in [0.15, 0.2) is 53.4 Å². The van der Waals surface area contributed by atoms with E-state index >= 15 is 0 Å². The number of amides is 1. The third-order valence-electron chi connectivity index (χ3n) is 5.28. The largest absolute Gasteiger partial charge is 0.497 e. The summed E-state index contributed by atoms with van der Waals surface area (Å²) in [5.41, 5.74) is 2.37. The van der Waals surface area contributed by atoms with Gasteiger partial charge in [-0.3, -0.25) is 4.79 Å². The molecule has 0 bridgehead atoms. The highest BCUT2D eigenvalue weighted by Gasteiger charge is 2.29. The van der Waals surface area contributed by atoms with E-state index in [0.717, 1.165) is 24.8 Å². The van der Waals surface area contributed by atoms with Crippen LogP contribution in [0.5, 0.6) is 5.75 Å². The Morgan fingerprint density at radius 2 is 1.93 bits per heavy atom. The molecule has 1 amide bonds. The summed E-state index contributed by atoms with van der Waals surface area (Å²) in [7, 11) is -2.32. The average Bonchev–Trinajstić information content (AvgIpc) is 2.76. The van der Waals surface area contributed by atoms with Crippen molar-refractivity contribution in [3.05, 3.63) is 59.7 Å². The van der Waals surface area contributed by atoms with Gasteiger partial charge in [0.15, 0.2) is 0 Å². The summed E-state index contributed by atoms with van der Waals surface area (Å²) in [6.07, 6.45) is 5.20. The lowest BCUT2D eigenvalue weighted by Gasteiger charge is -2.28. The molecule has 0 fully saturated rings. The Morgan fingerprint density at radius 3 is 2.63 bits per heavy atom. The van der Waals surface area contributed by atoms with E-state index in [-0.39, 0.29) is 16.8 Å². The number of ether oxygens (including phenoxy) is 1. The lowest BCUT2D eigenvalue weighted by atomic mass is 9.87. The highest BCUT2D eigenvalue weighted by Crippen LogP contribution is 2.29. The number of methoxy groups -OCH3 is 1. The lowest BCUT2D eigenvalue weighted by molar-refractivity contribution is -0.123. The number of carbonyl (C=O) groups excluding carboxylic acids is 1. The standard InChI is InChI=1S/C22H28N2O4S2/c1-28-17-10-12-18(13-11-17)30(26,27)24-21(14-15-29-2)22(25)23-20-9-5-7-16-6-3-4-8-19(16)20/h3-4,6,8,10-13,20-21,24H,5,7,9,14-15H2,1-2H3,(H,23,25)/t20-,21+/m1/s1. The molecule has 0 heterocycles. The van der Waals surface area contributed by atoms with Crippen LogP contribution in [0.4, 0.5) is 0 Å². The summed E-state index contributed by atoms with van der Waals surface area (Å²) in [6.45, 7) is 0. The molecule has 8 heteroatoms. The Hall–Kier alpha value is -2.03. The molecule has 0 aliphatic heterocycles. The molecule has 2 aromatic carbocycles. The monoisotopic (exact) mass is 448 g/mol. The fraction of sp³-hybridized carbons (Fsp3) is 0.409. The molecule has 0 saturated heterocycles. The Kier molecular flexibility index (Phi) is 7.80. The van der Waals surface area contributed by atoms with Gasteiger partial charge in [-0.05, 0) is 73.1 Å². The van der Waals surface area contributed by atoms with Crippen molar-refractivity contribution in [1.29, 1.82) is 0 Å². The van der Waals surface area contributed by atoms with E-state index in [4.69, 9.17) is 4.74 Å². The second kappa shape index (κ2) is 10.3. The van der Waals surface area contributed by atoms with Crippen LogP contribution in [0, 0.1) is 0 Å². The fourth-order valence-corrected chi connectivity index (χ4v) is 5.37. The van der Waals surface area contributed by atoms with Crippen molar-refractivity contribution < 1.29 is 17.9 Å². The molecule has 30 heavy (non-hydrogen) atoms. The van der Waals surface area contributed by atoms with Gasteiger partial charge < -0.3 is 10.1 Å². The van der Waals surface area contributed by atoms with Crippen LogP contribution in [0.25, 0.3) is 0 Å². The minimum Gasteiger partial charge on any atom is -0.497 e. The van der Waals surface area contributed by atoms with Crippen LogP contribution < -0.4 is 14.8 Å². The number of fused-ring (bicyclic) bond motifs is 1. The molecule has 0 aromatic heterocycles. The maximum Gasteiger partial charge on any atom is 0.241 e. The van der Waals surface area contributed by atoms with Gasteiger partial charge in [-0.2, -0.15) is 16.5 Å². The zero-order valence-corrected chi connectivity index (χ0v) is 18.9. The molecule has 0 radical (unpaired) electrons. The predicted octanol–water partition coefficient (Wildman–Crippen LogP) is 3.29. The number of nitrogens with one attached hydrogen (secondary N) is 2. The molecule has 1 aliphatic carbocycles. The van der Waals surface area contributed by atoms with Crippen molar-refractivity contribution in [3.8, 4) is 5.75 Å². The summed E-state index contributed by atoms with van der Waals surface area (Å²) in [5.74, 6) is 0.953. The molecule has 2 N–H and O–H groups in total. The average molecular weight is 449 g/mol. The van der Waals surface area contributed by atoms with E-state index in [9.17, 15) is 13.2 Å². The van der Waals surface area contributed by atoms with Crippen LogP contribution in [-0.4, -0.2) is 39.5 Å². The number of rotatable bonds is 9. The summed E-state index contributed by atoms with van der Waals surface area (Å²) in [4.78, 5) is 13.2. The number of aryl methyl sites for hydroxylation is 1. The van der Waals surface area contributed by atoms with Gasteiger partial charge in [0.05, 0.1) is 18.0 Å². The Bertz CT molecular complexity index is 961. The first kappa shape index (κ1) is 22.7. The topological polar surface area (TPSA) is 84.5 Å². The number of carbonyl (C=O) groups is 1. The minimum absolute atomic E-state index is 0.0929. The molecule has 2 atom stereocenters. The van der Waals surface area contributed by atoms with Gasteiger partial charge >= 0.3 is 0 Å². The number of sulfonamides is 1. The smallest absolute Gasteiger partial charge is 0.241 e. The van der Waals surface area contributed by atoms with Crippen LogP contribution in [0.3, 0.4) is 0 Å². The SMILES string of the molecule is COc1ccc(S(=O)(=O)N[C@@H](CCSC)C(=O)N[C@@H]2CCCc3ccccc32)cc1. The van der Waals surface area contributed by atoms with Crippen molar-refractivity contribution in [2.45, 2.75) is 42.7 Å². The van der Waals surface area contributed by atoms with Crippen molar-refractivity contribution in [2.75, 3.05) is 19.1 Å². The first-order valence-corrected chi connectivity index (χ1v) is 12.9. The van der Waals surface area contributed by atoms with Gasteiger partial charge in [0.1, 0.15) is 11.8 Å². The van der Waals surface area contributed by atoms with Crippen LogP contribution in [0.2, 0.25) is 0 Å². The van der Waals surface area contributed by atoms with Crippen molar-refractivity contribution >= 4 is 27.7 Å². The van der Waals surface area contributed by atoms with Crippen molar-refractivity contribution in [1.82, 2.24) is 10.0 Å². The highest BCUT2D eigenvalue weighted by atomic mass is 32.2. The van der Waals surface area contributed by atoms with E-state index in [1.807, 2.05) is 24.5 Å². The molecular formula is C22H28N2O4S2. The Balaban J connectivity index is 1.75. The maximum atomic E-state index is 13.1. The molecule has 6 nitrogen and oxygen atoms in total. The molecule has 1 aliphatic rings. The van der Waals surface area contributed by atoms with Gasteiger partial charge in [-0.15, -0.1) is 0 Å². The fourth-order valence-electron chi connectivity index (χ4n) is 3.67. The molecule has 0 spiro atoms. The Labute approximate surface area is 182 Å². The van der Waals surface area contributed by atoms with E-state index in [1.54, 1.807) is 23.9 Å². The normalized spacial score (nSPS) is 17.1. The van der Waals surface area contributed by atoms with E-state index in [1.165, 1.54) is 24.8 Å². The predicted molar refractivity (Wildman–Crippen MR) is 120 cm³/mol. The summed E-state index contributed by atoms with van der Waals surface area (Å²) < 4.78 is 33.4. The highest BCUT2D eigenvalue weighted by molar-refractivity contribution is 7.98. The molecular weight excluding hydrogens is 420 g/mol. The van der Waals surface area contributed by atoms with Gasteiger partial charge in [0.2, 0.25) is 15.9 Å². The number of thioether (sulfide) groups is 1. The van der Waals surface area contributed by atoms with E-state index in [0.29, 0.717) is 17.9 Å². The molecule has 3 rings (SSSR count). The minimum atomic E-state index is -3.84. The second-order valence-corrected chi connectivity index (χ2v) is 9.98. The van der Waals surface area contributed by atoms with Gasteiger partial charge in [0, 0.05) is 0 Å². The maximum absolute atomic E-state index is 13.1. The third kappa shape index (κ3) is 5.56. The number of hydrogen-bond acceptors (Lipinski definition) is 5. The van der Waals surface area contributed by atoms with E-state index < -0.39 is 16.1 Å². The van der Waals surface area contributed by atoms with Crippen LogP contribution in [0.1, 0.15) is 36.4 Å². The molecule has 2 aromatic rings. The molecule has 0 unspecified atom stereocenters. The molecule has 0 saturated carbocycles. The summed E-state index contributed by atoms with van der Waals surface area (Å²) in [6, 6.07) is 13.3. The Morgan fingerprint density at radius 1 is 1.20 bits per heavy atom. The zero-order chi connectivity index (χ0) is 21.6. The van der Waals surface area contributed by atoms with Crippen LogP contribution in [-0.2, 0) is 21.2 Å². The number of hydrogen-bond donors (Lipinski definition) is 2. The summed E-state index contributed by atoms with van der Waals surface area (Å²) >= 11 is 1.58. The second-order valence-electron chi connectivity index (χ2n) is 7.28. The lowest BCUT2D eigenvalue weighted by Crippen LogP contribution is -2.48. The van der Waals surface area contributed by atoms with Crippen LogP contribution >= 0.6 is 11.8 Å².